The van der Waals surface area contributed by atoms with Gasteiger partial charge < -0.3 is 24.8 Å². The summed E-state index contributed by atoms with van der Waals surface area (Å²) in [5.74, 6) is 1.46. The standard InChI is InChI=1S/C21H24N4O4/c1-28-14-6-8-19(29-2)15(11-14)18-4-3-9-25(18)12-20(26)22-13-5-7-16-17(10-13)24-21(27)23-16/h5-8,10-11,18H,3-4,9,12H2,1-2H3,(H,22,26)(H2,23,24,27)/t18-/m0/s1. The molecule has 1 fully saturated rings. The Bertz CT molecular complexity index is 1090. The number of benzene rings is 2. The van der Waals surface area contributed by atoms with Crippen molar-refractivity contribution in [3.63, 3.8) is 0 Å². The first-order chi connectivity index (χ1) is 14.1. The van der Waals surface area contributed by atoms with Crippen LogP contribution in [-0.2, 0) is 4.79 Å². The van der Waals surface area contributed by atoms with E-state index in [9.17, 15) is 9.59 Å². The van der Waals surface area contributed by atoms with Gasteiger partial charge in [0, 0.05) is 17.3 Å². The van der Waals surface area contributed by atoms with Crippen LogP contribution >= 0.6 is 0 Å². The van der Waals surface area contributed by atoms with Crippen LogP contribution in [0.2, 0.25) is 0 Å². The first-order valence-electron chi connectivity index (χ1n) is 9.55. The van der Waals surface area contributed by atoms with E-state index in [2.05, 4.69) is 20.2 Å². The number of amides is 1. The number of aromatic nitrogens is 2. The molecule has 2 heterocycles. The van der Waals surface area contributed by atoms with Crippen LogP contribution in [0.4, 0.5) is 5.69 Å². The minimum atomic E-state index is -0.268. The number of fused-ring (bicyclic) bond motifs is 1. The lowest BCUT2D eigenvalue weighted by Gasteiger charge is -2.26. The largest absolute Gasteiger partial charge is 0.497 e. The highest BCUT2D eigenvalue weighted by molar-refractivity contribution is 5.94. The Morgan fingerprint density at radius 1 is 1.14 bits per heavy atom. The normalized spacial score (nSPS) is 16.8. The highest BCUT2D eigenvalue weighted by atomic mass is 16.5. The van der Waals surface area contributed by atoms with Crippen molar-refractivity contribution in [1.29, 1.82) is 0 Å². The molecule has 4 rings (SSSR count). The van der Waals surface area contributed by atoms with Crippen LogP contribution in [0.15, 0.2) is 41.2 Å². The zero-order valence-corrected chi connectivity index (χ0v) is 16.5. The predicted molar refractivity (Wildman–Crippen MR) is 111 cm³/mol. The Morgan fingerprint density at radius 3 is 2.76 bits per heavy atom. The Morgan fingerprint density at radius 2 is 1.97 bits per heavy atom. The molecule has 1 atom stereocenters. The van der Waals surface area contributed by atoms with Gasteiger partial charge in [0.2, 0.25) is 5.91 Å². The van der Waals surface area contributed by atoms with Crippen LogP contribution < -0.4 is 20.5 Å². The number of aromatic amines is 2. The molecule has 1 aromatic heterocycles. The van der Waals surface area contributed by atoms with E-state index in [-0.39, 0.29) is 24.2 Å². The number of methoxy groups -OCH3 is 2. The van der Waals surface area contributed by atoms with Crippen molar-refractivity contribution >= 4 is 22.6 Å². The number of nitrogens with one attached hydrogen (secondary N) is 3. The molecule has 0 saturated carbocycles. The van der Waals surface area contributed by atoms with Crippen LogP contribution in [0.25, 0.3) is 11.0 Å². The average molecular weight is 396 g/mol. The van der Waals surface area contributed by atoms with E-state index in [0.29, 0.717) is 16.7 Å². The second-order valence-electron chi connectivity index (χ2n) is 7.12. The number of likely N-dealkylation sites (tertiary alicyclic amines) is 1. The second kappa shape index (κ2) is 8.00. The fourth-order valence-electron chi connectivity index (χ4n) is 3.96. The van der Waals surface area contributed by atoms with Crippen molar-refractivity contribution in [1.82, 2.24) is 14.9 Å². The van der Waals surface area contributed by atoms with Crippen molar-refractivity contribution in [2.75, 3.05) is 32.6 Å². The van der Waals surface area contributed by atoms with Gasteiger partial charge in [-0.05, 0) is 55.8 Å². The van der Waals surface area contributed by atoms with Crippen molar-refractivity contribution in [2.45, 2.75) is 18.9 Å². The summed E-state index contributed by atoms with van der Waals surface area (Å²) in [4.78, 5) is 31.6. The molecular formula is C21H24N4O4. The number of carbonyl (C=O) groups is 1. The van der Waals surface area contributed by atoms with Gasteiger partial charge in [-0.15, -0.1) is 0 Å². The highest BCUT2D eigenvalue weighted by Crippen LogP contribution is 2.38. The van der Waals surface area contributed by atoms with E-state index >= 15 is 0 Å². The Labute approximate surface area is 167 Å². The number of carbonyl (C=O) groups excluding carboxylic acids is 1. The maximum absolute atomic E-state index is 12.7. The molecule has 3 N–H and O–H groups in total. The summed E-state index contributed by atoms with van der Waals surface area (Å²) >= 11 is 0. The third kappa shape index (κ3) is 3.97. The van der Waals surface area contributed by atoms with Crippen LogP contribution in [-0.4, -0.2) is 48.1 Å². The quantitative estimate of drug-likeness (QED) is 0.595. The Kier molecular flexibility index (Phi) is 5.26. The minimum Gasteiger partial charge on any atom is -0.497 e. The maximum atomic E-state index is 12.7. The first kappa shape index (κ1) is 19.1. The smallest absolute Gasteiger partial charge is 0.323 e. The van der Waals surface area contributed by atoms with Gasteiger partial charge in [0.1, 0.15) is 11.5 Å². The lowest BCUT2D eigenvalue weighted by atomic mass is 10.0. The number of H-pyrrole nitrogens is 2. The molecule has 29 heavy (non-hydrogen) atoms. The molecule has 1 aliphatic heterocycles. The van der Waals surface area contributed by atoms with Gasteiger partial charge in [-0.25, -0.2) is 4.79 Å². The third-order valence-corrected chi connectivity index (χ3v) is 5.31. The summed E-state index contributed by atoms with van der Waals surface area (Å²) in [6, 6.07) is 11.1. The summed E-state index contributed by atoms with van der Waals surface area (Å²) in [6.07, 6.45) is 1.96. The summed E-state index contributed by atoms with van der Waals surface area (Å²) in [5.41, 5.74) is 2.78. The Hall–Kier alpha value is -3.26. The van der Waals surface area contributed by atoms with Gasteiger partial charge in [-0.1, -0.05) is 0 Å². The molecule has 152 valence electrons. The molecule has 3 aromatic rings. The zero-order chi connectivity index (χ0) is 20.4. The predicted octanol–water partition coefficient (Wildman–Crippen LogP) is 2.65. The fourth-order valence-corrected chi connectivity index (χ4v) is 3.96. The molecule has 8 heteroatoms. The van der Waals surface area contributed by atoms with Gasteiger partial charge in [0.25, 0.3) is 0 Å². The maximum Gasteiger partial charge on any atom is 0.323 e. The minimum absolute atomic E-state index is 0.0920. The van der Waals surface area contributed by atoms with Crippen molar-refractivity contribution in [3.05, 3.63) is 52.4 Å². The third-order valence-electron chi connectivity index (χ3n) is 5.31. The Balaban J connectivity index is 1.49. The molecule has 8 nitrogen and oxygen atoms in total. The van der Waals surface area contributed by atoms with Gasteiger partial charge in [0.15, 0.2) is 0 Å². The molecule has 1 saturated heterocycles. The molecule has 1 aliphatic rings. The fraction of sp³-hybridized carbons (Fsp3) is 0.333. The summed E-state index contributed by atoms with van der Waals surface area (Å²) in [5, 5.41) is 2.92. The van der Waals surface area contributed by atoms with E-state index in [1.807, 2.05) is 18.2 Å². The van der Waals surface area contributed by atoms with Crippen molar-refractivity contribution in [3.8, 4) is 11.5 Å². The number of hydrogen-bond donors (Lipinski definition) is 3. The molecule has 2 aromatic carbocycles. The van der Waals surface area contributed by atoms with Crippen LogP contribution in [0.5, 0.6) is 11.5 Å². The van der Waals surface area contributed by atoms with Gasteiger partial charge in [-0.3, -0.25) is 9.69 Å². The zero-order valence-electron chi connectivity index (χ0n) is 16.5. The summed E-state index contributed by atoms with van der Waals surface area (Å²) in [6.45, 7) is 1.11. The van der Waals surface area contributed by atoms with Gasteiger partial charge in [-0.2, -0.15) is 0 Å². The summed E-state index contributed by atoms with van der Waals surface area (Å²) < 4.78 is 10.9. The van der Waals surface area contributed by atoms with E-state index in [1.165, 1.54) is 0 Å². The average Bonchev–Trinajstić information content (AvgIpc) is 3.32. The number of nitrogens with zero attached hydrogens (tertiary/aromatic N) is 1. The molecule has 0 aliphatic carbocycles. The van der Waals surface area contributed by atoms with Crippen LogP contribution in [0.3, 0.4) is 0 Å². The number of rotatable bonds is 6. The number of anilines is 1. The van der Waals surface area contributed by atoms with Crippen LogP contribution in [0, 0.1) is 0 Å². The van der Waals surface area contributed by atoms with E-state index < -0.39 is 0 Å². The molecular weight excluding hydrogens is 372 g/mol. The number of hydrogen-bond acceptors (Lipinski definition) is 5. The highest BCUT2D eigenvalue weighted by Gasteiger charge is 2.30. The van der Waals surface area contributed by atoms with Crippen LogP contribution in [0.1, 0.15) is 24.4 Å². The molecule has 0 radical (unpaired) electrons. The van der Waals surface area contributed by atoms with Crippen molar-refractivity contribution < 1.29 is 14.3 Å². The lowest BCUT2D eigenvalue weighted by Crippen LogP contribution is -2.33. The number of ether oxygens (including phenoxy) is 2. The second-order valence-corrected chi connectivity index (χ2v) is 7.12. The molecule has 0 bridgehead atoms. The number of imidazole rings is 1. The summed E-state index contributed by atoms with van der Waals surface area (Å²) in [7, 11) is 3.29. The molecule has 1 amide bonds. The lowest BCUT2D eigenvalue weighted by molar-refractivity contribution is -0.117. The first-order valence-corrected chi connectivity index (χ1v) is 9.55. The van der Waals surface area contributed by atoms with Crippen molar-refractivity contribution in [2.24, 2.45) is 0 Å². The van der Waals surface area contributed by atoms with Gasteiger partial charge >= 0.3 is 5.69 Å². The monoisotopic (exact) mass is 396 g/mol. The van der Waals surface area contributed by atoms with E-state index in [0.717, 1.165) is 36.4 Å². The topological polar surface area (TPSA) is 99.4 Å². The molecule has 0 spiro atoms. The van der Waals surface area contributed by atoms with E-state index in [1.54, 1.807) is 32.4 Å². The van der Waals surface area contributed by atoms with E-state index in [4.69, 9.17) is 9.47 Å². The SMILES string of the molecule is COc1ccc(OC)c([C@@H]2CCCN2CC(=O)Nc2ccc3[nH]c(=O)[nH]c3c2)c1. The van der Waals surface area contributed by atoms with Gasteiger partial charge in [0.05, 0.1) is 31.8 Å². The molecule has 0 unspecified atom stereocenters.